The van der Waals surface area contributed by atoms with Crippen molar-refractivity contribution in [2.75, 3.05) is 6.61 Å². The molecule has 0 N–H and O–H groups in total. The lowest BCUT2D eigenvalue weighted by Gasteiger charge is -2.08. The molecule has 128 valence electrons. The largest absolute Gasteiger partial charge is 0.467 e. The van der Waals surface area contributed by atoms with Gasteiger partial charge in [-0.3, -0.25) is 4.79 Å². The Hall–Kier alpha value is -3.08. The van der Waals surface area contributed by atoms with Crippen LogP contribution in [0.3, 0.4) is 0 Å². The van der Waals surface area contributed by atoms with Crippen LogP contribution < -0.4 is 0 Å². The molecule has 0 saturated heterocycles. The molecule has 0 saturated carbocycles. The maximum absolute atomic E-state index is 12.4. The van der Waals surface area contributed by atoms with Gasteiger partial charge in [0.2, 0.25) is 0 Å². The molecule has 5 nitrogen and oxygen atoms in total. The lowest BCUT2D eigenvalue weighted by molar-refractivity contribution is 0.0474. The van der Waals surface area contributed by atoms with Crippen LogP contribution in [0.1, 0.15) is 37.9 Å². The molecule has 25 heavy (non-hydrogen) atoms. The zero-order chi connectivity index (χ0) is 17.8. The minimum atomic E-state index is -0.497. The van der Waals surface area contributed by atoms with Crippen LogP contribution in [0.4, 0.5) is 0 Å². The number of furan rings is 1. The fraction of sp³-hybridized carbons (Fsp3) is 0.200. The Bertz CT molecular complexity index is 876. The summed E-state index contributed by atoms with van der Waals surface area (Å²) in [5.74, 6) is 0.0855. The van der Waals surface area contributed by atoms with E-state index in [4.69, 9.17) is 9.15 Å². The van der Waals surface area contributed by atoms with Gasteiger partial charge in [0.15, 0.2) is 12.4 Å². The standard InChI is InChI=1S/C20H19NO4/c1-14-11-18(15(2)21(14)12-17-9-6-10-24-17)20(23)25-13-19(22)16-7-4-3-5-8-16/h3-11H,12-13H2,1-2H3. The molecule has 0 bridgehead atoms. The predicted molar refractivity (Wildman–Crippen MR) is 92.8 cm³/mol. The number of hydrogen-bond donors (Lipinski definition) is 0. The van der Waals surface area contributed by atoms with Gasteiger partial charge in [0, 0.05) is 17.0 Å². The van der Waals surface area contributed by atoms with Gasteiger partial charge in [0.1, 0.15) is 5.76 Å². The van der Waals surface area contributed by atoms with Gasteiger partial charge in [-0.15, -0.1) is 0 Å². The smallest absolute Gasteiger partial charge is 0.340 e. The average Bonchev–Trinajstić information content (AvgIpc) is 3.24. The van der Waals surface area contributed by atoms with Crippen molar-refractivity contribution in [1.82, 2.24) is 4.57 Å². The Morgan fingerprint density at radius 2 is 1.84 bits per heavy atom. The van der Waals surface area contributed by atoms with E-state index in [1.807, 2.05) is 36.6 Å². The molecule has 0 spiro atoms. The number of hydrogen-bond acceptors (Lipinski definition) is 4. The summed E-state index contributed by atoms with van der Waals surface area (Å²) < 4.78 is 12.5. The van der Waals surface area contributed by atoms with Crippen molar-refractivity contribution in [1.29, 1.82) is 0 Å². The SMILES string of the molecule is Cc1cc(C(=O)OCC(=O)c2ccccc2)c(C)n1Cc1ccco1. The fourth-order valence-corrected chi connectivity index (χ4v) is 2.73. The Balaban J connectivity index is 1.69. The van der Waals surface area contributed by atoms with Gasteiger partial charge in [-0.05, 0) is 32.0 Å². The molecule has 0 unspecified atom stereocenters. The van der Waals surface area contributed by atoms with Crippen LogP contribution in [-0.4, -0.2) is 22.9 Å². The number of ketones is 1. The van der Waals surface area contributed by atoms with Gasteiger partial charge in [-0.25, -0.2) is 4.79 Å². The van der Waals surface area contributed by atoms with Gasteiger partial charge < -0.3 is 13.7 Å². The summed E-state index contributed by atoms with van der Waals surface area (Å²) in [7, 11) is 0. The molecular formula is C20H19NO4. The van der Waals surface area contributed by atoms with E-state index < -0.39 is 5.97 Å². The summed E-state index contributed by atoms with van der Waals surface area (Å²) in [6.07, 6.45) is 1.62. The third kappa shape index (κ3) is 3.71. The van der Waals surface area contributed by atoms with Crippen LogP contribution in [0.25, 0.3) is 0 Å². The first-order valence-corrected chi connectivity index (χ1v) is 8.00. The summed E-state index contributed by atoms with van der Waals surface area (Å²) in [6, 6.07) is 14.3. The summed E-state index contributed by atoms with van der Waals surface area (Å²) in [5.41, 5.74) is 2.70. The number of ether oxygens (including phenoxy) is 1. The zero-order valence-electron chi connectivity index (χ0n) is 14.2. The molecule has 0 aliphatic rings. The van der Waals surface area contributed by atoms with Crippen LogP contribution in [0, 0.1) is 13.8 Å². The second-order valence-corrected chi connectivity index (χ2v) is 5.82. The summed E-state index contributed by atoms with van der Waals surface area (Å²) in [5, 5.41) is 0. The zero-order valence-corrected chi connectivity index (χ0v) is 14.2. The van der Waals surface area contributed by atoms with Gasteiger partial charge >= 0.3 is 5.97 Å². The van der Waals surface area contributed by atoms with Gasteiger partial charge in [-0.1, -0.05) is 30.3 Å². The van der Waals surface area contributed by atoms with Crippen molar-refractivity contribution in [3.05, 3.63) is 83.1 Å². The molecule has 3 aromatic rings. The highest BCUT2D eigenvalue weighted by Gasteiger charge is 2.19. The number of esters is 1. The molecule has 0 aliphatic heterocycles. The number of aromatic nitrogens is 1. The number of rotatable bonds is 6. The summed E-state index contributed by atoms with van der Waals surface area (Å²) >= 11 is 0. The van der Waals surface area contributed by atoms with Crippen molar-refractivity contribution in [3.8, 4) is 0 Å². The van der Waals surface area contributed by atoms with Crippen molar-refractivity contribution in [2.45, 2.75) is 20.4 Å². The Labute approximate surface area is 145 Å². The molecule has 0 aliphatic carbocycles. The first-order valence-electron chi connectivity index (χ1n) is 8.00. The average molecular weight is 337 g/mol. The first kappa shape index (κ1) is 16.8. The maximum Gasteiger partial charge on any atom is 0.340 e. The van der Waals surface area contributed by atoms with E-state index in [9.17, 15) is 9.59 Å². The predicted octanol–water partition coefficient (Wildman–Crippen LogP) is 3.79. The lowest BCUT2D eigenvalue weighted by Crippen LogP contribution is -2.15. The second kappa shape index (κ2) is 7.21. The quantitative estimate of drug-likeness (QED) is 0.507. The molecule has 0 fully saturated rings. The lowest BCUT2D eigenvalue weighted by atomic mass is 10.1. The van der Waals surface area contributed by atoms with E-state index in [-0.39, 0.29) is 12.4 Å². The highest BCUT2D eigenvalue weighted by molar-refractivity contribution is 5.99. The fourth-order valence-electron chi connectivity index (χ4n) is 2.73. The minimum absolute atomic E-state index is 0.224. The Morgan fingerprint density at radius 1 is 1.08 bits per heavy atom. The van der Waals surface area contributed by atoms with Crippen LogP contribution in [0.2, 0.25) is 0 Å². The van der Waals surface area contributed by atoms with E-state index in [2.05, 4.69) is 0 Å². The molecular weight excluding hydrogens is 318 g/mol. The van der Waals surface area contributed by atoms with Crippen molar-refractivity contribution >= 4 is 11.8 Å². The number of carbonyl (C=O) groups excluding carboxylic acids is 2. The normalized spacial score (nSPS) is 10.6. The molecule has 0 amide bonds. The Morgan fingerprint density at radius 3 is 2.52 bits per heavy atom. The monoisotopic (exact) mass is 337 g/mol. The highest BCUT2D eigenvalue weighted by atomic mass is 16.5. The molecule has 1 aromatic carbocycles. The van der Waals surface area contributed by atoms with Crippen LogP contribution in [0.5, 0.6) is 0 Å². The van der Waals surface area contributed by atoms with Gasteiger partial charge in [0.05, 0.1) is 18.4 Å². The van der Waals surface area contributed by atoms with Crippen molar-refractivity contribution in [2.24, 2.45) is 0 Å². The van der Waals surface area contributed by atoms with Crippen molar-refractivity contribution in [3.63, 3.8) is 0 Å². The summed E-state index contributed by atoms with van der Waals surface area (Å²) in [4.78, 5) is 24.4. The van der Waals surface area contributed by atoms with Crippen LogP contribution >= 0.6 is 0 Å². The molecule has 2 aromatic heterocycles. The van der Waals surface area contributed by atoms with E-state index in [0.717, 1.165) is 17.1 Å². The van der Waals surface area contributed by atoms with Gasteiger partial charge in [-0.2, -0.15) is 0 Å². The first-order chi connectivity index (χ1) is 12.1. The second-order valence-electron chi connectivity index (χ2n) is 5.82. The highest BCUT2D eigenvalue weighted by Crippen LogP contribution is 2.18. The third-order valence-corrected chi connectivity index (χ3v) is 4.12. The number of aryl methyl sites for hydroxylation is 1. The molecule has 0 radical (unpaired) electrons. The summed E-state index contributed by atoms with van der Waals surface area (Å²) in [6.45, 7) is 4.04. The van der Waals surface area contributed by atoms with E-state index >= 15 is 0 Å². The number of benzene rings is 1. The third-order valence-electron chi connectivity index (χ3n) is 4.12. The molecule has 0 atom stereocenters. The van der Waals surface area contributed by atoms with Crippen molar-refractivity contribution < 1.29 is 18.7 Å². The van der Waals surface area contributed by atoms with Crippen LogP contribution in [0.15, 0.2) is 59.2 Å². The number of nitrogens with zero attached hydrogens (tertiary/aromatic N) is 1. The van der Waals surface area contributed by atoms with E-state index in [0.29, 0.717) is 17.7 Å². The van der Waals surface area contributed by atoms with E-state index in [1.165, 1.54) is 0 Å². The number of carbonyl (C=O) groups is 2. The maximum atomic E-state index is 12.4. The minimum Gasteiger partial charge on any atom is -0.467 e. The molecule has 3 rings (SSSR count). The van der Waals surface area contributed by atoms with Gasteiger partial charge in [0.25, 0.3) is 0 Å². The Kier molecular flexibility index (Phi) is 4.84. The topological polar surface area (TPSA) is 61.4 Å². The van der Waals surface area contributed by atoms with Crippen LogP contribution in [-0.2, 0) is 11.3 Å². The molecule has 5 heteroatoms. The van der Waals surface area contributed by atoms with E-state index in [1.54, 1.807) is 36.6 Å². The number of Topliss-reactive ketones (excluding diaryl/α,β-unsaturated/α-hetero) is 1. The molecule has 2 heterocycles.